The summed E-state index contributed by atoms with van der Waals surface area (Å²) in [5.74, 6) is -0.517. The van der Waals surface area contributed by atoms with Gasteiger partial charge in [-0.2, -0.15) is 5.10 Å². The number of carbonyl (C=O) groups is 1. The Morgan fingerprint density at radius 3 is 2.57 bits per heavy atom. The smallest absolute Gasteiger partial charge is 0.338 e. The second-order valence-corrected chi connectivity index (χ2v) is 8.38. The number of hydrogen-bond acceptors (Lipinski definition) is 6. The zero-order valence-corrected chi connectivity index (χ0v) is 18.4. The first-order valence-corrected chi connectivity index (χ1v) is 10.4. The van der Waals surface area contributed by atoms with Gasteiger partial charge in [0.25, 0.3) is 5.56 Å². The van der Waals surface area contributed by atoms with E-state index >= 15 is 0 Å². The first-order chi connectivity index (χ1) is 14.3. The molecule has 0 spiro atoms. The summed E-state index contributed by atoms with van der Waals surface area (Å²) >= 11 is 7.24. The van der Waals surface area contributed by atoms with Gasteiger partial charge in [0.05, 0.1) is 29.1 Å². The van der Waals surface area contributed by atoms with Crippen LogP contribution in [0.3, 0.4) is 0 Å². The van der Waals surface area contributed by atoms with Crippen molar-refractivity contribution in [2.24, 2.45) is 12.0 Å². The predicted octanol–water partition coefficient (Wildman–Crippen LogP) is 2.10. The molecule has 1 aliphatic heterocycles. The Hall–Kier alpha value is -2.97. The van der Waals surface area contributed by atoms with Crippen LogP contribution < -0.4 is 14.9 Å². The number of ether oxygens (including phenoxy) is 1. The summed E-state index contributed by atoms with van der Waals surface area (Å²) in [6.07, 6.45) is 3.47. The fourth-order valence-corrected chi connectivity index (χ4v) is 4.65. The Kier molecular flexibility index (Phi) is 5.21. The van der Waals surface area contributed by atoms with Crippen LogP contribution in [-0.4, -0.2) is 27.4 Å². The lowest BCUT2D eigenvalue weighted by molar-refractivity contribution is -0.136. The number of carbonyl (C=O) groups excluding carboxylic acids is 1. The van der Waals surface area contributed by atoms with E-state index in [1.54, 1.807) is 40.6 Å². The summed E-state index contributed by atoms with van der Waals surface area (Å²) in [5, 5.41) is 4.92. The molecule has 3 aromatic rings. The molecule has 0 radical (unpaired) electrons. The van der Waals surface area contributed by atoms with E-state index in [1.807, 2.05) is 26.1 Å². The molecule has 0 amide bonds. The second-order valence-electron chi connectivity index (χ2n) is 6.93. The summed E-state index contributed by atoms with van der Waals surface area (Å²) in [5.41, 5.74) is 3.08. The number of nitrogens with zero attached hydrogens (tertiary/aromatic N) is 4. The zero-order valence-electron chi connectivity index (χ0n) is 16.8. The van der Waals surface area contributed by atoms with Crippen molar-refractivity contribution in [3.8, 4) is 0 Å². The van der Waals surface area contributed by atoms with Gasteiger partial charge in [-0.25, -0.2) is 9.79 Å². The second kappa shape index (κ2) is 7.70. The Labute approximate surface area is 181 Å². The average molecular weight is 443 g/mol. The van der Waals surface area contributed by atoms with Gasteiger partial charge < -0.3 is 4.74 Å². The highest BCUT2D eigenvalue weighted by Crippen LogP contribution is 2.32. The molecule has 0 aliphatic carbocycles. The molecule has 0 fully saturated rings. The van der Waals surface area contributed by atoms with Gasteiger partial charge in [-0.3, -0.25) is 14.0 Å². The Morgan fingerprint density at radius 2 is 1.97 bits per heavy atom. The predicted molar refractivity (Wildman–Crippen MR) is 115 cm³/mol. The van der Waals surface area contributed by atoms with Gasteiger partial charge >= 0.3 is 5.97 Å². The van der Waals surface area contributed by atoms with E-state index < -0.39 is 12.0 Å². The topological polar surface area (TPSA) is 78.5 Å². The summed E-state index contributed by atoms with van der Waals surface area (Å²) < 4.78 is 8.79. The maximum Gasteiger partial charge on any atom is 0.338 e. The number of aromatic nitrogens is 3. The molecule has 0 N–H and O–H groups in total. The van der Waals surface area contributed by atoms with Crippen LogP contribution in [0, 0.1) is 6.92 Å². The van der Waals surface area contributed by atoms with Crippen molar-refractivity contribution in [2.45, 2.75) is 19.9 Å². The van der Waals surface area contributed by atoms with Gasteiger partial charge in [-0.15, -0.1) is 0 Å². The average Bonchev–Trinajstić information content (AvgIpc) is 3.21. The molecule has 0 saturated carbocycles. The minimum absolute atomic E-state index is 0.226. The Bertz CT molecular complexity index is 1360. The summed E-state index contributed by atoms with van der Waals surface area (Å²) in [7, 11) is 3.14. The van der Waals surface area contributed by atoms with Crippen LogP contribution in [0.2, 0.25) is 5.02 Å². The maximum atomic E-state index is 13.4. The molecular formula is C21H19ClN4O3S. The normalized spacial score (nSPS) is 16.4. The number of aryl methyl sites for hydroxylation is 1. The van der Waals surface area contributed by atoms with Crippen LogP contribution in [-0.2, 0) is 16.6 Å². The third kappa shape index (κ3) is 3.32. The van der Waals surface area contributed by atoms with Crippen molar-refractivity contribution in [1.82, 2.24) is 14.3 Å². The molecule has 30 heavy (non-hydrogen) atoms. The highest BCUT2D eigenvalue weighted by atomic mass is 35.5. The molecule has 0 bridgehead atoms. The van der Waals surface area contributed by atoms with Crippen LogP contribution >= 0.6 is 22.9 Å². The van der Waals surface area contributed by atoms with E-state index in [0.29, 0.717) is 25.6 Å². The van der Waals surface area contributed by atoms with Gasteiger partial charge in [0.15, 0.2) is 4.80 Å². The molecule has 0 saturated heterocycles. The van der Waals surface area contributed by atoms with Gasteiger partial charge in [0.2, 0.25) is 0 Å². The van der Waals surface area contributed by atoms with Crippen LogP contribution in [0.5, 0.6) is 0 Å². The van der Waals surface area contributed by atoms with E-state index in [2.05, 4.69) is 10.1 Å². The number of benzene rings is 1. The number of thiazole rings is 1. The molecule has 1 atom stereocenters. The van der Waals surface area contributed by atoms with Crippen molar-refractivity contribution < 1.29 is 9.53 Å². The minimum Gasteiger partial charge on any atom is -0.466 e. The molecule has 154 valence electrons. The first-order valence-electron chi connectivity index (χ1n) is 9.16. The molecule has 3 heterocycles. The SMILES string of the molecule is COC(=O)C1=C(C)N=c2s/c(=C/c3ccc(Cl)cc3)c(=O)n2[C@@H]1c1cnn(C)c1C. The highest BCUT2D eigenvalue weighted by Gasteiger charge is 2.34. The number of methoxy groups -OCH3 is 1. The number of halogens is 1. The van der Waals surface area contributed by atoms with Crippen molar-refractivity contribution in [3.63, 3.8) is 0 Å². The number of rotatable bonds is 3. The van der Waals surface area contributed by atoms with Crippen LogP contribution in [0.1, 0.15) is 29.8 Å². The van der Waals surface area contributed by atoms with E-state index in [9.17, 15) is 9.59 Å². The Balaban J connectivity index is 1.99. The molecular weight excluding hydrogens is 424 g/mol. The zero-order chi connectivity index (χ0) is 21.6. The first kappa shape index (κ1) is 20.3. The van der Waals surface area contributed by atoms with E-state index in [1.165, 1.54) is 18.4 Å². The molecule has 9 heteroatoms. The van der Waals surface area contributed by atoms with E-state index in [4.69, 9.17) is 16.3 Å². The number of allylic oxidation sites excluding steroid dienone is 1. The van der Waals surface area contributed by atoms with Crippen LogP contribution in [0.4, 0.5) is 0 Å². The summed E-state index contributed by atoms with van der Waals surface area (Å²) in [6, 6.07) is 6.56. The summed E-state index contributed by atoms with van der Waals surface area (Å²) in [6.45, 7) is 3.65. The third-order valence-corrected chi connectivity index (χ3v) is 6.40. The highest BCUT2D eigenvalue weighted by molar-refractivity contribution is 7.07. The molecule has 1 aromatic carbocycles. The third-order valence-electron chi connectivity index (χ3n) is 5.16. The van der Waals surface area contributed by atoms with Gasteiger partial charge in [-0.1, -0.05) is 35.1 Å². The number of hydrogen-bond donors (Lipinski definition) is 0. The quantitative estimate of drug-likeness (QED) is 0.582. The van der Waals surface area contributed by atoms with Crippen molar-refractivity contribution in [2.75, 3.05) is 7.11 Å². The van der Waals surface area contributed by atoms with Crippen molar-refractivity contribution in [3.05, 3.63) is 83.3 Å². The summed E-state index contributed by atoms with van der Waals surface area (Å²) in [4.78, 5) is 31.1. The number of fused-ring (bicyclic) bond motifs is 1. The molecule has 2 aromatic heterocycles. The monoisotopic (exact) mass is 442 g/mol. The lowest BCUT2D eigenvalue weighted by Gasteiger charge is -2.23. The van der Waals surface area contributed by atoms with Gasteiger partial charge in [0.1, 0.15) is 6.04 Å². The minimum atomic E-state index is -0.658. The van der Waals surface area contributed by atoms with Crippen molar-refractivity contribution in [1.29, 1.82) is 0 Å². The lowest BCUT2D eigenvalue weighted by Crippen LogP contribution is -2.40. The fourth-order valence-electron chi connectivity index (χ4n) is 3.48. The van der Waals surface area contributed by atoms with E-state index in [-0.39, 0.29) is 5.56 Å². The van der Waals surface area contributed by atoms with Crippen LogP contribution in [0.15, 0.2) is 51.5 Å². The maximum absolute atomic E-state index is 13.4. The van der Waals surface area contributed by atoms with Gasteiger partial charge in [0, 0.05) is 23.3 Å². The molecule has 0 unspecified atom stereocenters. The largest absolute Gasteiger partial charge is 0.466 e. The Morgan fingerprint density at radius 1 is 1.27 bits per heavy atom. The fraction of sp³-hybridized carbons (Fsp3) is 0.238. The lowest BCUT2D eigenvalue weighted by atomic mass is 9.96. The number of esters is 1. The molecule has 4 rings (SSSR count). The van der Waals surface area contributed by atoms with Crippen LogP contribution in [0.25, 0.3) is 6.08 Å². The molecule has 7 nitrogen and oxygen atoms in total. The van der Waals surface area contributed by atoms with Crippen molar-refractivity contribution >= 4 is 35.0 Å². The standard InChI is InChI=1S/C21H19ClN4O3S/c1-11-17(20(28)29-4)18(15-10-23-25(3)12(15)2)26-19(27)16(30-21(26)24-11)9-13-5-7-14(22)8-6-13/h5-10,18H,1-4H3/b16-9+/t18-/m1/s1. The molecule has 1 aliphatic rings. The van der Waals surface area contributed by atoms with Gasteiger partial charge in [-0.05, 0) is 37.6 Å². The van der Waals surface area contributed by atoms with E-state index in [0.717, 1.165) is 16.8 Å².